The number of nitrogens with zero attached hydrogens (tertiary/aromatic N) is 4. The number of allylic oxidation sites excluding steroid dienone is 2. The maximum Gasteiger partial charge on any atom is 0.228 e. The predicted molar refractivity (Wildman–Crippen MR) is 114 cm³/mol. The molecule has 7 heteroatoms. The van der Waals surface area contributed by atoms with E-state index in [1.54, 1.807) is 0 Å². The number of anilines is 3. The van der Waals surface area contributed by atoms with Crippen LogP contribution in [0.3, 0.4) is 0 Å². The molecule has 1 saturated heterocycles. The average molecular weight is 393 g/mol. The van der Waals surface area contributed by atoms with Crippen molar-refractivity contribution in [2.24, 2.45) is 0 Å². The fourth-order valence-corrected chi connectivity index (χ4v) is 4.88. The molecule has 5 rings (SSSR count). The highest BCUT2D eigenvalue weighted by molar-refractivity contribution is 5.54. The van der Waals surface area contributed by atoms with E-state index in [-0.39, 0.29) is 17.4 Å². The number of aromatic nitrogens is 3. The van der Waals surface area contributed by atoms with Crippen LogP contribution in [0.1, 0.15) is 43.4 Å². The van der Waals surface area contributed by atoms with Gasteiger partial charge in [0.05, 0.1) is 23.7 Å². The van der Waals surface area contributed by atoms with Gasteiger partial charge in [0.2, 0.25) is 5.95 Å². The van der Waals surface area contributed by atoms with Crippen molar-refractivity contribution >= 4 is 17.5 Å². The molecule has 1 aliphatic heterocycles. The van der Waals surface area contributed by atoms with Crippen molar-refractivity contribution in [3.8, 4) is 0 Å². The summed E-state index contributed by atoms with van der Waals surface area (Å²) in [4.78, 5) is 16.3. The van der Waals surface area contributed by atoms with Crippen LogP contribution in [0.2, 0.25) is 0 Å². The first kappa shape index (κ1) is 18.5. The molecule has 3 heterocycles. The van der Waals surface area contributed by atoms with Crippen LogP contribution in [0.15, 0.2) is 36.7 Å². The van der Waals surface area contributed by atoms with Crippen LogP contribution >= 0.6 is 0 Å². The Balaban J connectivity index is 1.39. The van der Waals surface area contributed by atoms with Crippen LogP contribution in [0, 0.1) is 0 Å². The van der Waals surface area contributed by atoms with Crippen molar-refractivity contribution < 1.29 is 5.11 Å². The number of nitrogens with one attached hydrogen (secondary N) is 2. The van der Waals surface area contributed by atoms with Crippen molar-refractivity contribution in [1.82, 2.24) is 20.3 Å². The minimum absolute atomic E-state index is 0.261. The highest BCUT2D eigenvalue weighted by Crippen LogP contribution is 2.48. The maximum atomic E-state index is 10.9. The van der Waals surface area contributed by atoms with E-state index in [2.05, 4.69) is 50.6 Å². The van der Waals surface area contributed by atoms with Gasteiger partial charge in [-0.15, -0.1) is 0 Å². The van der Waals surface area contributed by atoms with E-state index in [4.69, 9.17) is 4.98 Å². The summed E-state index contributed by atoms with van der Waals surface area (Å²) < 4.78 is 0. The fourth-order valence-electron chi connectivity index (χ4n) is 4.88. The van der Waals surface area contributed by atoms with Crippen molar-refractivity contribution in [2.45, 2.75) is 43.6 Å². The number of fused-ring (bicyclic) bond motifs is 2. The Morgan fingerprint density at radius 1 is 1.14 bits per heavy atom. The van der Waals surface area contributed by atoms with E-state index < -0.39 is 0 Å². The Morgan fingerprint density at radius 3 is 2.66 bits per heavy atom. The molecule has 0 amide bonds. The molecule has 3 aliphatic rings. The monoisotopic (exact) mass is 392 g/mol. The number of rotatable bonds is 3. The van der Waals surface area contributed by atoms with E-state index in [1.807, 2.05) is 18.5 Å². The lowest BCUT2D eigenvalue weighted by Gasteiger charge is -2.41. The van der Waals surface area contributed by atoms with Crippen LogP contribution < -0.4 is 15.5 Å². The second kappa shape index (κ2) is 7.39. The van der Waals surface area contributed by atoms with E-state index >= 15 is 0 Å². The molecular formula is C22H28N6O. The molecule has 2 aliphatic carbocycles. The van der Waals surface area contributed by atoms with Gasteiger partial charge in [0.15, 0.2) is 0 Å². The number of pyridine rings is 1. The van der Waals surface area contributed by atoms with Crippen LogP contribution in [-0.2, 0) is 5.41 Å². The van der Waals surface area contributed by atoms with E-state index in [1.165, 1.54) is 0 Å². The lowest BCUT2D eigenvalue weighted by Crippen LogP contribution is -2.43. The first-order valence-corrected chi connectivity index (χ1v) is 10.5. The average Bonchev–Trinajstić information content (AvgIpc) is 3.25. The summed E-state index contributed by atoms with van der Waals surface area (Å²) in [7, 11) is 0. The minimum Gasteiger partial charge on any atom is -0.392 e. The zero-order valence-corrected chi connectivity index (χ0v) is 16.8. The van der Waals surface area contributed by atoms with Crippen LogP contribution in [-0.4, -0.2) is 52.3 Å². The van der Waals surface area contributed by atoms with Crippen LogP contribution in [0.25, 0.3) is 0 Å². The molecule has 29 heavy (non-hydrogen) atoms. The normalized spacial score (nSPS) is 25.2. The third-order valence-corrected chi connectivity index (χ3v) is 6.64. The summed E-state index contributed by atoms with van der Waals surface area (Å²) in [6, 6.07) is 4.07. The highest BCUT2D eigenvalue weighted by atomic mass is 16.3. The summed E-state index contributed by atoms with van der Waals surface area (Å²) in [6.45, 7) is 6.15. The molecule has 3 N–H and O–H groups in total. The lowest BCUT2D eigenvalue weighted by molar-refractivity contribution is 0.0591. The summed E-state index contributed by atoms with van der Waals surface area (Å²) >= 11 is 0. The topological polar surface area (TPSA) is 86.2 Å². The highest BCUT2D eigenvalue weighted by Gasteiger charge is 2.47. The Kier molecular flexibility index (Phi) is 4.72. The molecule has 0 radical (unpaired) electrons. The molecule has 7 nitrogen and oxygen atoms in total. The molecule has 2 aromatic rings. The van der Waals surface area contributed by atoms with Crippen LogP contribution in [0.4, 0.5) is 17.5 Å². The van der Waals surface area contributed by atoms with E-state index in [0.29, 0.717) is 5.95 Å². The van der Waals surface area contributed by atoms with Crippen molar-refractivity contribution in [2.75, 3.05) is 36.4 Å². The SMILES string of the molecule is CC1C[C@H](O)C2(CC=CC2)c2nc(Nc3ccc(N4CCNCC4)cn3)ncc21. The summed E-state index contributed by atoms with van der Waals surface area (Å²) in [5.41, 5.74) is 2.98. The van der Waals surface area contributed by atoms with Gasteiger partial charge in [0.25, 0.3) is 0 Å². The first-order chi connectivity index (χ1) is 14.2. The van der Waals surface area contributed by atoms with Gasteiger partial charge in [-0.3, -0.25) is 0 Å². The van der Waals surface area contributed by atoms with Gasteiger partial charge >= 0.3 is 0 Å². The lowest BCUT2D eigenvalue weighted by atomic mass is 9.66. The standard InChI is InChI=1S/C22H28N6O/c1-15-12-18(29)22(6-2-3-7-22)20-17(15)14-25-21(27-20)26-19-5-4-16(13-24-19)28-10-8-23-9-11-28/h2-5,13-15,18,23,29H,6-12H2,1H3,(H,24,25,26,27)/t15?,18-/m0/s1. The number of piperazine rings is 1. The smallest absolute Gasteiger partial charge is 0.228 e. The Labute approximate surface area is 171 Å². The van der Waals surface area contributed by atoms with Gasteiger partial charge < -0.3 is 20.6 Å². The second-order valence-electron chi connectivity index (χ2n) is 8.45. The van der Waals surface area contributed by atoms with Gasteiger partial charge in [-0.1, -0.05) is 19.1 Å². The zero-order valence-electron chi connectivity index (χ0n) is 16.8. The third kappa shape index (κ3) is 3.28. The Bertz CT molecular complexity index is 898. The first-order valence-electron chi connectivity index (χ1n) is 10.5. The van der Waals surface area contributed by atoms with E-state index in [9.17, 15) is 5.11 Å². The molecule has 152 valence electrons. The quantitative estimate of drug-likeness (QED) is 0.692. The molecule has 1 fully saturated rings. The van der Waals surface area contributed by atoms with Crippen molar-refractivity contribution in [3.05, 3.63) is 47.9 Å². The minimum atomic E-state index is -0.376. The number of aliphatic hydroxyl groups is 1. The number of hydrogen-bond acceptors (Lipinski definition) is 7. The summed E-state index contributed by atoms with van der Waals surface area (Å²) in [5.74, 6) is 1.53. The van der Waals surface area contributed by atoms with Gasteiger partial charge in [-0.25, -0.2) is 15.0 Å². The van der Waals surface area contributed by atoms with Crippen molar-refractivity contribution in [3.63, 3.8) is 0 Å². The van der Waals surface area contributed by atoms with Gasteiger partial charge in [0.1, 0.15) is 5.82 Å². The molecule has 1 unspecified atom stereocenters. The zero-order chi connectivity index (χ0) is 19.8. The molecule has 2 aromatic heterocycles. The number of hydrogen-bond donors (Lipinski definition) is 3. The molecular weight excluding hydrogens is 364 g/mol. The summed E-state index contributed by atoms with van der Waals surface area (Å²) in [5, 5.41) is 17.5. The Morgan fingerprint density at radius 2 is 1.93 bits per heavy atom. The number of aliphatic hydroxyl groups excluding tert-OH is 1. The van der Waals surface area contributed by atoms with Gasteiger partial charge in [-0.05, 0) is 42.9 Å². The molecule has 0 saturated carbocycles. The second-order valence-corrected chi connectivity index (χ2v) is 8.45. The fraction of sp³-hybridized carbons (Fsp3) is 0.500. The summed E-state index contributed by atoms with van der Waals surface area (Å²) in [6.07, 6.45) is 10.2. The molecule has 0 aromatic carbocycles. The molecule has 1 spiro atoms. The molecule has 0 bridgehead atoms. The maximum absolute atomic E-state index is 10.9. The predicted octanol–water partition coefficient (Wildman–Crippen LogP) is 2.48. The van der Waals surface area contributed by atoms with Gasteiger partial charge in [-0.2, -0.15) is 0 Å². The third-order valence-electron chi connectivity index (χ3n) is 6.64. The van der Waals surface area contributed by atoms with E-state index in [0.717, 1.165) is 68.2 Å². The van der Waals surface area contributed by atoms with Gasteiger partial charge in [0, 0.05) is 37.8 Å². The Hall–Kier alpha value is -2.51. The molecule has 2 atom stereocenters. The van der Waals surface area contributed by atoms with Crippen molar-refractivity contribution in [1.29, 1.82) is 0 Å². The largest absolute Gasteiger partial charge is 0.392 e. The van der Waals surface area contributed by atoms with Crippen LogP contribution in [0.5, 0.6) is 0 Å².